The zero-order valence-electron chi connectivity index (χ0n) is 15.8. The summed E-state index contributed by atoms with van der Waals surface area (Å²) in [7, 11) is 0. The Morgan fingerprint density at radius 3 is 2.79 bits per heavy atom. The van der Waals surface area contributed by atoms with Gasteiger partial charge in [-0.1, -0.05) is 17.4 Å². The molecule has 2 aromatic carbocycles. The topological polar surface area (TPSA) is 46.3 Å². The van der Waals surface area contributed by atoms with Crippen molar-refractivity contribution in [3.63, 3.8) is 0 Å². The van der Waals surface area contributed by atoms with E-state index >= 15 is 0 Å². The number of thioether (sulfide) groups is 1. The van der Waals surface area contributed by atoms with Crippen LogP contribution in [-0.2, 0) is 11.3 Å². The first kappa shape index (κ1) is 19.7. The third-order valence-electron chi connectivity index (χ3n) is 4.36. The molecule has 0 fully saturated rings. The van der Waals surface area contributed by atoms with Crippen molar-refractivity contribution >= 4 is 44.4 Å². The molecule has 0 aliphatic heterocycles. The molecular formula is C22H19FN2O2S2. The van der Waals surface area contributed by atoms with Crippen molar-refractivity contribution in [2.45, 2.75) is 24.8 Å². The number of fused-ring (bicyclic) bond motifs is 1. The molecule has 4 rings (SSSR count). The lowest BCUT2D eigenvalue weighted by atomic mass is 10.2. The van der Waals surface area contributed by atoms with Crippen LogP contribution in [0.3, 0.4) is 0 Å². The normalized spacial score (nSPS) is 11.1. The maximum absolute atomic E-state index is 13.0. The van der Waals surface area contributed by atoms with E-state index in [1.54, 1.807) is 23.3 Å². The van der Waals surface area contributed by atoms with Gasteiger partial charge in [-0.2, -0.15) is 0 Å². The number of furan rings is 1. The summed E-state index contributed by atoms with van der Waals surface area (Å²) >= 11 is 3.04. The number of halogens is 1. The van der Waals surface area contributed by atoms with Crippen LogP contribution >= 0.6 is 23.1 Å². The van der Waals surface area contributed by atoms with Crippen LogP contribution in [-0.4, -0.2) is 16.6 Å². The number of hydrogen-bond acceptors (Lipinski definition) is 5. The number of amides is 1. The second-order valence-electron chi connectivity index (χ2n) is 6.58. The highest BCUT2D eigenvalue weighted by Crippen LogP contribution is 2.31. The molecule has 148 valence electrons. The average molecular weight is 427 g/mol. The SMILES string of the molecule is Cc1ccc2nc(N(Cc3ccco3)C(=O)CCSc3ccc(F)cc3)sc2c1. The number of thiazole rings is 1. The largest absolute Gasteiger partial charge is 0.467 e. The molecule has 0 atom stereocenters. The van der Waals surface area contributed by atoms with Crippen LogP contribution in [0.4, 0.5) is 9.52 Å². The lowest BCUT2D eigenvalue weighted by Crippen LogP contribution is -2.30. The standard InChI is InChI=1S/C22H19FN2O2S2/c1-15-4-9-19-20(13-15)29-22(24-19)25(14-17-3-2-11-27-17)21(26)10-12-28-18-7-5-16(23)6-8-18/h2-9,11,13H,10,12,14H2,1H3. The first-order valence-corrected chi connectivity index (χ1v) is 11.0. The summed E-state index contributed by atoms with van der Waals surface area (Å²) in [6.07, 6.45) is 1.95. The second kappa shape index (κ2) is 8.80. The molecule has 0 bridgehead atoms. The van der Waals surface area contributed by atoms with Gasteiger partial charge in [0.25, 0.3) is 0 Å². The quantitative estimate of drug-likeness (QED) is 0.337. The van der Waals surface area contributed by atoms with E-state index < -0.39 is 0 Å². The Labute approximate surface area is 176 Å². The predicted molar refractivity (Wildman–Crippen MR) is 116 cm³/mol. The average Bonchev–Trinajstić information content (AvgIpc) is 3.36. The van der Waals surface area contributed by atoms with Gasteiger partial charge in [0.05, 0.1) is 23.0 Å². The highest BCUT2D eigenvalue weighted by Gasteiger charge is 2.21. The highest BCUT2D eigenvalue weighted by molar-refractivity contribution is 7.99. The van der Waals surface area contributed by atoms with E-state index in [1.807, 2.05) is 31.2 Å². The minimum atomic E-state index is -0.263. The maximum atomic E-state index is 13.0. The summed E-state index contributed by atoms with van der Waals surface area (Å²) in [6, 6.07) is 16.0. The van der Waals surface area contributed by atoms with Crippen LogP contribution in [0.2, 0.25) is 0 Å². The van der Waals surface area contributed by atoms with E-state index in [0.717, 1.165) is 20.7 Å². The number of carbonyl (C=O) groups excluding carboxylic acids is 1. The molecular weight excluding hydrogens is 407 g/mol. The fourth-order valence-corrected chi connectivity index (χ4v) is 4.80. The summed E-state index contributed by atoms with van der Waals surface area (Å²) in [6.45, 7) is 2.38. The van der Waals surface area contributed by atoms with Crippen molar-refractivity contribution in [1.29, 1.82) is 0 Å². The third kappa shape index (κ3) is 4.86. The monoisotopic (exact) mass is 426 g/mol. The highest BCUT2D eigenvalue weighted by atomic mass is 32.2. The number of anilines is 1. The van der Waals surface area contributed by atoms with Gasteiger partial charge in [0.1, 0.15) is 11.6 Å². The molecule has 0 spiro atoms. The Hall–Kier alpha value is -2.64. The van der Waals surface area contributed by atoms with E-state index in [9.17, 15) is 9.18 Å². The summed E-state index contributed by atoms with van der Waals surface area (Å²) in [5.41, 5.74) is 2.04. The molecule has 29 heavy (non-hydrogen) atoms. The molecule has 0 radical (unpaired) electrons. The number of nitrogens with zero attached hydrogens (tertiary/aromatic N) is 2. The molecule has 1 amide bonds. The van der Waals surface area contributed by atoms with Crippen LogP contribution in [0, 0.1) is 12.7 Å². The van der Waals surface area contributed by atoms with E-state index in [0.29, 0.717) is 29.6 Å². The van der Waals surface area contributed by atoms with E-state index in [-0.39, 0.29) is 11.7 Å². The Bertz CT molecular complexity index is 1110. The van der Waals surface area contributed by atoms with Gasteiger partial charge >= 0.3 is 0 Å². The molecule has 7 heteroatoms. The van der Waals surface area contributed by atoms with Gasteiger partial charge < -0.3 is 4.42 Å². The van der Waals surface area contributed by atoms with Gasteiger partial charge in [-0.25, -0.2) is 9.37 Å². The second-order valence-corrected chi connectivity index (χ2v) is 8.76. The summed E-state index contributed by atoms with van der Waals surface area (Å²) in [5.74, 6) is 1.02. The summed E-state index contributed by atoms with van der Waals surface area (Å²) in [5, 5.41) is 0.666. The molecule has 0 aliphatic rings. The van der Waals surface area contributed by atoms with Crippen LogP contribution in [0.25, 0.3) is 10.2 Å². The number of benzene rings is 2. The van der Waals surface area contributed by atoms with E-state index in [4.69, 9.17) is 4.42 Å². The van der Waals surface area contributed by atoms with Crippen LogP contribution in [0.5, 0.6) is 0 Å². The predicted octanol–water partition coefficient (Wildman–Crippen LogP) is 6.05. The molecule has 0 saturated heterocycles. The first-order chi connectivity index (χ1) is 14.1. The van der Waals surface area contributed by atoms with Crippen LogP contribution < -0.4 is 4.90 Å². The Kier molecular flexibility index (Phi) is 5.97. The number of rotatable bonds is 7. The van der Waals surface area contributed by atoms with E-state index in [2.05, 4.69) is 11.1 Å². The number of carbonyl (C=O) groups is 1. The Balaban J connectivity index is 1.51. The lowest BCUT2D eigenvalue weighted by Gasteiger charge is -2.18. The number of hydrogen-bond donors (Lipinski definition) is 0. The van der Waals surface area contributed by atoms with E-state index in [1.165, 1.54) is 35.2 Å². The molecule has 2 heterocycles. The first-order valence-electron chi connectivity index (χ1n) is 9.17. The van der Waals surface area contributed by atoms with Gasteiger partial charge in [-0.05, 0) is 61.0 Å². The summed E-state index contributed by atoms with van der Waals surface area (Å²) in [4.78, 5) is 20.3. The van der Waals surface area contributed by atoms with Crippen molar-refractivity contribution in [3.8, 4) is 0 Å². The zero-order chi connectivity index (χ0) is 20.2. The third-order valence-corrected chi connectivity index (χ3v) is 6.41. The summed E-state index contributed by atoms with van der Waals surface area (Å²) < 4.78 is 19.5. The van der Waals surface area contributed by atoms with Crippen LogP contribution in [0.1, 0.15) is 17.7 Å². The van der Waals surface area contributed by atoms with Crippen molar-refractivity contribution in [1.82, 2.24) is 4.98 Å². The smallest absolute Gasteiger partial charge is 0.230 e. The zero-order valence-corrected chi connectivity index (χ0v) is 17.4. The van der Waals surface area contributed by atoms with Crippen molar-refractivity contribution in [2.24, 2.45) is 0 Å². The molecule has 4 nitrogen and oxygen atoms in total. The van der Waals surface area contributed by atoms with Crippen molar-refractivity contribution in [3.05, 3.63) is 78.0 Å². The van der Waals surface area contributed by atoms with Crippen LogP contribution in [0.15, 0.2) is 70.2 Å². The van der Waals surface area contributed by atoms with Gasteiger partial charge in [-0.3, -0.25) is 9.69 Å². The van der Waals surface area contributed by atoms with Gasteiger partial charge in [0, 0.05) is 17.1 Å². The maximum Gasteiger partial charge on any atom is 0.230 e. The van der Waals surface area contributed by atoms with Gasteiger partial charge in [0.15, 0.2) is 5.13 Å². The molecule has 2 aromatic heterocycles. The Morgan fingerprint density at radius 2 is 2.03 bits per heavy atom. The fraction of sp³-hybridized carbons (Fsp3) is 0.182. The minimum absolute atomic E-state index is 0.0215. The molecule has 0 unspecified atom stereocenters. The number of aryl methyl sites for hydroxylation is 1. The molecule has 0 saturated carbocycles. The molecule has 4 aromatic rings. The molecule has 0 aliphatic carbocycles. The minimum Gasteiger partial charge on any atom is -0.467 e. The fourth-order valence-electron chi connectivity index (χ4n) is 2.88. The van der Waals surface area contributed by atoms with Gasteiger partial charge in [-0.15, -0.1) is 11.8 Å². The van der Waals surface area contributed by atoms with Crippen molar-refractivity contribution in [2.75, 3.05) is 10.7 Å². The molecule has 0 N–H and O–H groups in total. The van der Waals surface area contributed by atoms with Gasteiger partial charge in [0.2, 0.25) is 5.91 Å². The van der Waals surface area contributed by atoms with Crippen molar-refractivity contribution < 1.29 is 13.6 Å². The Morgan fingerprint density at radius 1 is 1.21 bits per heavy atom. The lowest BCUT2D eigenvalue weighted by molar-refractivity contribution is -0.118. The number of aromatic nitrogens is 1.